The van der Waals surface area contributed by atoms with Crippen LogP contribution in [0.2, 0.25) is 0 Å². The minimum atomic E-state index is 0.514. The van der Waals surface area contributed by atoms with Crippen LogP contribution in [0.4, 0.5) is 0 Å². The fraction of sp³-hybridized carbons (Fsp3) is 0.636. The summed E-state index contributed by atoms with van der Waals surface area (Å²) in [6, 6.07) is 2.25. The van der Waals surface area contributed by atoms with Crippen molar-refractivity contribution in [2.45, 2.75) is 38.4 Å². The molecule has 1 rings (SSSR count). The first-order chi connectivity index (χ1) is 6.60. The van der Waals surface area contributed by atoms with Crippen LogP contribution in [0.25, 0.3) is 0 Å². The third kappa shape index (κ3) is 2.83. The first-order valence-electron chi connectivity index (χ1n) is 5.00. The Labute approximate surface area is 107 Å². The fourth-order valence-corrected chi connectivity index (χ4v) is 4.82. The van der Waals surface area contributed by atoms with E-state index in [-0.39, 0.29) is 0 Å². The van der Waals surface area contributed by atoms with E-state index in [0.29, 0.717) is 4.83 Å². The van der Waals surface area contributed by atoms with Crippen molar-refractivity contribution < 1.29 is 0 Å². The van der Waals surface area contributed by atoms with Gasteiger partial charge in [-0.3, -0.25) is 0 Å². The average molecular weight is 340 g/mol. The minimum absolute atomic E-state index is 0.514. The zero-order valence-electron chi connectivity index (χ0n) is 8.81. The molecule has 1 aromatic rings. The molecule has 0 aromatic carbocycles. The van der Waals surface area contributed by atoms with Gasteiger partial charge in [-0.2, -0.15) is 0 Å². The molecule has 0 bridgehead atoms. The summed E-state index contributed by atoms with van der Waals surface area (Å²) in [5, 5.41) is 0. The number of halogens is 2. The van der Waals surface area contributed by atoms with Gasteiger partial charge in [-0.15, -0.1) is 11.3 Å². The first-order valence-corrected chi connectivity index (χ1v) is 7.52. The molecule has 0 nitrogen and oxygen atoms in total. The van der Waals surface area contributed by atoms with E-state index in [4.69, 9.17) is 0 Å². The van der Waals surface area contributed by atoms with Crippen LogP contribution in [-0.2, 0) is 0 Å². The van der Waals surface area contributed by atoms with Crippen molar-refractivity contribution in [3.8, 4) is 0 Å². The lowest BCUT2D eigenvalue weighted by Crippen LogP contribution is -2.05. The standard InChI is InChI=1S/C11H16Br2S/c1-4-8(5-2)11(13)9-6-10(12)14-7(9)3/h6,8,11H,4-5H2,1-3H3. The zero-order valence-corrected chi connectivity index (χ0v) is 12.8. The fourth-order valence-electron chi connectivity index (χ4n) is 1.69. The van der Waals surface area contributed by atoms with Crippen LogP contribution >= 0.6 is 43.2 Å². The third-order valence-corrected chi connectivity index (χ3v) is 5.50. The maximum atomic E-state index is 3.82. The van der Waals surface area contributed by atoms with Crippen molar-refractivity contribution in [1.82, 2.24) is 0 Å². The Kier molecular flexibility index (Phi) is 5.15. The molecule has 14 heavy (non-hydrogen) atoms. The van der Waals surface area contributed by atoms with E-state index in [9.17, 15) is 0 Å². The van der Waals surface area contributed by atoms with E-state index in [0.717, 1.165) is 5.92 Å². The highest BCUT2D eigenvalue weighted by atomic mass is 79.9. The van der Waals surface area contributed by atoms with Gasteiger partial charge in [-0.25, -0.2) is 0 Å². The summed E-state index contributed by atoms with van der Waals surface area (Å²) in [5.41, 5.74) is 1.45. The van der Waals surface area contributed by atoms with Crippen molar-refractivity contribution in [3.63, 3.8) is 0 Å². The molecule has 1 aromatic heterocycles. The van der Waals surface area contributed by atoms with Crippen LogP contribution in [0.5, 0.6) is 0 Å². The van der Waals surface area contributed by atoms with Crippen molar-refractivity contribution in [2.75, 3.05) is 0 Å². The van der Waals surface area contributed by atoms with Gasteiger partial charge in [-0.05, 0) is 40.4 Å². The molecule has 0 amide bonds. The molecule has 0 radical (unpaired) electrons. The lowest BCUT2D eigenvalue weighted by Gasteiger charge is -2.19. The zero-order chi connectivity index (χ0) is 10.7. The number of thiophene rings is 1. The Hall–Kier alpha value is 0.660. The largest absolute Gasteiger partial charge is 0.133 e. The van der Waals surface area contributed by atoms with E-state index in [1.807, 2.05) is 11.3 Å². The molecule has 0 fully saturated rings. The van der Waals surface area contributed by atoms with Gasteiger partial charge in [0.15, 0.2) is 0 Å². The molecule has 0 saturated heterocycles. The first kappa shape index (κ1) is 12.7. The molecular formula is C11H16Br2S. The normalized spacial score (nSPS) is 13.6. The van der Waals surface area contributed by atoms with Gasteiger partial charge in [0.25, 0.3) is 0 Å². The quantitative estimate of drug-likeness (QED) is 0.618. The number of rotatable bonds is 4. The smallest absolute Gasteiger partial charge is 0.0704 e. The Morgan fingerprint density at radius 3 is 2.29 bits per heavy atom. The molecule has 0 aliphatic carbocycles. The van der Waals surface area contributed by atoms with Gasteiger partial charge in [-0.1, -0.05) is 42.6 Å². The predicted molar refractivity (Wildman–Crippen MR) is 72.5 cm³/mol. The summed E-state index contributed by atoms with van der Waals surface area (Å²) in [4.78, 5) is 1.94. The van der Waals surface area contributed by atoms with E-state index >= 15 is 0 Å². The molecule has 1 atom stereocenters. The van der Waals surface area contributed by atoms with E-state index in [1.54, 1.807) is 0 Å². The number of alkyl halides is 1. The molecule has 0 N–H and O–H groups in total. The van der Waals surface area contributed by atoms with Gasteiger partial charge < -0.3 is 0 Å². The minimum Gasteiger partial charge on any atom is -0.133 e. The Balaban J connectivity index is 2.87. The van der Waals surface area contributed by atoms with E-state index in [2.05, 4.69) is 58.7 Å². The Bertz CT molecular complexity index is 289. The topological polar surface area (TPSA) is 0 Å². The van der Waals surface area contributed by atoms with Gasteiger partial charge in [0, 0.05) is 9.70 Å². The summed E-state index contributed by atoms with van der Waals surface area (Å²) < 4.78 is 1.24. The number of aryl methyl sites for hydroxylation is 1. The van der Waals surface area contributed by atoms with Crippen LogP contribution in [0, 0.1) is 12.8 Å². The molecular weight excluding hydrogens is 324 g/mol. The molecule has 0 saturated carbocycles. The maximum Gasteiger partial charge on any atom is 0.0704 e. The van der Waals surface area contributed by atoms with Crippen molar-refractivity contribution in [3.05, 3.63) is 20.3 Å². The highest BCUT2D eigenvalue weighted by molar-refractivity contribution is 9.11. The van der Waals surface area contributed by atoms with E-state index < -0.39 is 0 Å². The van der Waals surface area contributed by atoms with Crippen LogP contribution in [0.1, 0.15) is 42.0 Å². The SMILES string of the molecule is CCC(CC)C(Br)c1cc(Br)sc1C. The molecule has 0 aliphatic rings. The highest BCUT2D eigenvalue weighted by Crippen LogP contribution is 2.40. The van der Waals surface area contributed by atoms with Crippen LogP contribution in [0.15, 0.2) is 9.85 Å². The second kappa shape index (κ2) is 5.66. The summed E-state index contributed by atoms with van der Waals surface area (Å²) >= 11 is 9.19. The molecule has 3 heteroatoms. The number of hydrogen-bond acceptors (Lipinski definition) is 1. The van der Waals surface area contributed by atoms with Crippen LogP contribution in [-0.4, -0.2) is 0 Å². The summed E-state index contributed by atoms with van der Waals surface area (Å²) in [6.45, 7) is 6.72. The average Bonchev–Trinajstić information content (AvgIpc) is 2.47. The second-order valence-corrected chi connectivity index (χ2v) is 7.16. The van der Waals surface area contributed by atoms with Crippen molar-refractivity contribution in [1.29, 1.82) is 0 Å². The van der Waals surface area contributed by atoms with Crippen molar-refractivity contribution >= 4 is 43.2 Å². The lowest BCUT2D eigenvalue weighted by molar-refractivity contribution is 0.486. The monoisotopic (exact) mass is 338 g/mol. The molecule has 1 unspecified atom stereocenters. The Morgan fingerprint density at radius 1 is 1.36 bits per heavy atom. The number of hydrogen-bond donors (Lipinski definition) is 0. The predicted octanol–water partition coefficient (Wildman–Crippen LogP) is 5.69. The molecule has 1 heterocycles. The van der Waals surface area contributed by atoms with Gasteiger partial charge in [0.1, 0.15) is 0 Å². The molecule has 0 aliphatic heterocycles. The molecule has 80 valence electrons. The molecule has 0 spiro atoms. The van der Waals surface area contributed by atoms with Crippen LogP contribution in [0.3, 0.4) is 0 Å². The van der Waals surface area contributed by atoms with Gasteiger partial charge in [0.2, 0.25) is 0 Å². The van der Waals surface area contributed by atoms with Gasteiger partial charge >= 0.3 is 0 Å². The second-order valence-electron chi connectivity index (χ2n) is 3.54. The van der Waals surface area contributed by atoms with E-state index in [1.165, 1.54) is 27.1 Å². The van der Waals surface area contributed by atoms with Crippen LogP contribution < -0.4 is 0 Å². The third-order valence-electron chi connectivity index (χ3n) is 2.69. The summed E-state index contributed by atoms with van der Waals surface area (Å²) in [5.74, 6) is 0.746. The summed E-state index contributed by atoms with van der Waals surface area (Å²) in [6.07, 6.45) is 2.47. The van der Waals surface area contributed by atoms with Crippen molar-refractivity contribution in [2.24, 2.45) is 5.92 Å². The highest BCUT2D eigenvalue weighted by Gasteiger charge is 2.20. The maximum absolute atomic E-state index is 3.82. The van der Waals surface area contributed by atoms with Gasteiger partial charge in [0.05, 0.1) is 3.79 Å². The lowest BCUT2D eigenvalue weighted by atomic mass is 9.95. The summed E-state index contributed by atoms with van der Waals surface area (Å²) in [7, 11) is 0. The Morgan fingerprint density at radius 2 is 1.93 bits per heavy atom.